The largest absolute Gasteiger partial charge is 0.290 e. The Kier molecular flexibility index (Phi) is 5.39. The molecule has 1 aromatic carbocycles. The molecule has 28 heavy (non-hydrogen) atoms. The number of nitrogens with zero attached hydrogens (tertiary/aromatic N) is 4. The third kappa shape index (κ3) is 4.47. The maximum atomic E-state index is 12.8. The second-order valence-corrected chi connectivity index (χ2v) is 9.74. The molecule has 1 heterocycles. The first-order valence-electron chi connectivity index (χ1n) is 9.11. The molecule has 146 valence electrons. The number of thioether (sulfide) groups is 1. The molecule has 7 heteroatoms. The van der Waals surface area contributed by atoms with E-state index in [1.807, 2.05) is 44.2 Å². The Labute approximate surface area is 169 Å². The van der Waals surface area contributed by atoms with E-state index < -0.39 is 0 Å². The van der Waals surface area contributed by atoms with Crippen molar-refractivity contribution in [2.24, 2.45) is 10.8 Å². The highest BCUT2D eigenvalue weighted by Gasteiger charge is 2.35. The summed E-state index contributed by atoms with van der Waals surface area (Å²) in [6.07, 6.45) is 3.69. The summed E-state index contributed by atoms with van der Waals surface area (Å²) >= 11 is 1.10. The lowest BCUT2D eigenvalue weighted by molar-refractivity contribution is -0.115. The van der Waals surface area contributed by atoms with Crippen LogP contribution in [0.2, 0.25) is 0 Å². The molecule has 0 aliphatic heterocycles. The van der Waals surface area contributed by atoms with Gasteiger partial charge in [-0.15, -0.1) is 5.10 Å². The van der Waals surface area contributed by atoms with Crippen LogP contribution in [-0.2, 0) is 9.59 Å². The van der Waals surface area contributed by atoms with Gasteiger partial charge in [0.2, 0.25) is 5.16 Å². The lowest BCUT2D eigenvalue weighted by Gasteiger charge is -2.34. The van der Waals surface area contributed by atoms with E-state index in [0.29, 0.717) is 15.6 Å². The zero-order valence-electron chi connectivity index (χ0n) is 16.8. The van der Waals surface area contributed by atoms with Gasteiger partial charge in [-0.1, -0.05) is 52.8 Å². The summed E-state index contributed by atoms with van der Waals surface area (Å²) < 4.78 is 1.55. The van der Waals surface area contributed by atoms with Crippen LogP contribution in [0.25, 0.3) is 5.69 Å². The molecule has 0 fully saturated rings. The van der Waals surface area contributed by atoms with Crippen LogP contribution < -0.4 is 0 Å². The molecule has 0 saturated carbocycles. The highest BCUT2D eigenvalue weighted by molar-refractivity contribution is 8.03. The number of hydrogen-bond acceptors (Lipinski definition) is 6. The van der Waals surface area contributed by atoms with Gasteiger partial charge in [-0.25, -0.2) is 0 Å². The first-order valence-corrected chi connectivity index (χ1v) is 9.93. The summed E-state index contributed by atoms with van der Waals surface area (Å²) in [6.45, 7) is 10.4. The van der Waals surface area contributed by atoms with E-state index in [0.717, 1.165) is 23.9 Å². The number of allylic oxidation sites excluding steroid dienone is 4. The number of carbonyl (C=O) groups excluding carboxylic acids is 2. The van der Waals surface area contributed by atoms with Crippen LogP contribution in [0.3, 0.4) is 0 Å². The van der Waals surface area contributed by atoms with Crippen LogP contribution in [0.15, 0.2) is 58.1 Å². The van der Waals surface area contributed by atoms with Crippen LogP contribution >= 0.6 is 11.8 Å². The summed E-state index contributed by atoms with van der Waals surface area (Å²) in [7, 11) is 0. The van der Waals surface area contributed by atoms with E-state index >= 15 is 0 Å². The molecule has 0 unspecified atom stereocenters. The fraction of sp³-hybridized carbons (Fsp3) is 0.381. The quantitative estimate of drug-likeness (QED) is 0.706. The molecule has 0 radical (unpaired) electrons. The van der Waals surface area contributed by atoms with Crippen molar-refractivity contribution < 1.29 is 9.59 Å². The van der Waals surface area contributed by atoms with Gasteiger partial charge in [0.1, 0.15) is 0 Å². The van der Waals surface area contributed by atoms with Crippen molar-refractivity contribution in [2.75, 3.05) is 0 Å². The molecule has 1 aliphatic rings. The minimum absolute atomic E-state index is 0.0458. The number of hydrogen-bond donors (Lipinski definition) is 0. The van der Waals surface area contributed by atoms with Crippen molar-refractivity contribution in [1.82, 2.24) is 20.2 Å². The van der Waals surface area contributed by atoms with Gasteiger partial charge in [-0.2, -0.15) is 4.68 Å². The van der Waals surface area contributed by atoms with E-state index in [1.54, 1.807) is 4.68 Å². The molecule has 0 saturated heterocycles. The third-order valence-corrected chi connectivity index (χ3v) is 5.37. The minimum Gasteiger partial charge on any atom is -0.290 e. The number of ketones is 2. The van der Waals surface area contributed by atoms with Crippen molar-refractivity contribution in [3.8, 4) is 5.69 Å². The normalized spacial score (nSPS) is 15.5. The van der Waals surface area contributed by atoms with Crippen molar-refractivity contribution in [2.45, 2.75) is 46.2 Å². The molecule has 1 aliphatic carbocycles. The Balaban J connectivity index is 1.84. The average molecular weight is 397 g/mol. The van der Waals surface area contributed by atoms with Crippen molar-refractivity contribution in [1.29, 1.82) is 0 Å². The van der Waals surface area contributed by atoms with Crippen molar-refractivity contribution in [3.05, 3.63) is 53.0 Å². The van der Waals surface area contributed by atoms with Crippen LogP contribution in [0, 0.1) is 10.8 Å². The molecule has 0 spiro atoms. The SMILES string of the molecule is CC(C)(C)CC(C)(C)C1=CC(=O)C(Sc2nnnn2-c2ccccc2)=CC1=O. The number of benzene rings is 1. The number of carbonyl (C=O) groups is 2. The van der Waals surface area contributed by atoms with E-state index in [1.165, 1.54) is 12.2 Å². The maximum Gasteiger partial charge on any atom is 0.219 e. The maximum absolute atomic E-state index is 12.8. The number of tetrazole rings is 1. The van der Waals surface area contributed by atoms with E-state index in [-0.39, 0.29) is 22.4 Å². The molecule has 0 amide bonds. The molecule has 6 nitrogen and oxygen atoms in total. The van der Waals surface area contributed by atoms with Gasteiger partial charge in [0, 0.05) is 11.6 Å². The number of aromatic nitrogens is 4. The summed E-state index contributed by atoms with van der Waals surface area (Å²) in [5.41, 5.74) is 1.00. The lowest BCUT2D eigenvalue weighted by Crippen LogP contribution is -2.29. The smallest absolute Gasteiger partial charge is 0.219 e. The van der Waals surface area contributed by atoms with Gasteiger partial charge in [-0.3, -0.25) is 9.59 Å². The van der Waals surface area contributed by atoms with Gasteiger partial charge >= 0.3 is 0 Å². The molecule has 3 rings (SSSR count). The number of para-hydroxylation sites is 1. The summed E-state index contributed by atoms with van der Waals surface area (Å²) in [5.74, 6) is -0.320. The molecular weight excluding hydrogens is 372 g/mol. The summed E-state index contributed by atoms with van der Waals surface area (Å²) in [4.78, 5) is 25.9. The molecule has 1 aromatic heterocycles. The third-order valence-electron chi connectivity index (χ3n) is 4.39. The predicted octanol–water partition coefficient (Wildman–Crippen LogP) is 4.18. The first-order chi connectivity index (χ1) is 13.1. The Morgan fingerprint density at radius 3 is 2.29 bits per heavy atom. The predicted molar refractivity (Wildman–Crippen MR) is 109 cm³/mol. The summed E-state index contributed by atoms with van der Waals surface area (Å²) in [6, 6.07) is 9.40. The second-order valence-electron chi connectivity index (χ2n) is 8.73. The highest BCUT2D eigenvalue weighted by atomic mass is 32.2. The lowest BCUT2D eigenvalue weighted by atomic mass is 9.70. The molecule has 0 atom stereocenters. The average Bonchev–Trinajstić information content (AvgIpc) is 3.04. The Morgan fingerprint density at radius 1 is 0.964 bits per heavy atom. The van der Waals surface area contributed by atoms with Gasteiger partial charge in [-0.05, 0) is 57.6 Å². The monoisotopic (exact) mass is 396 g/mol. The zero-order chi connectivity index (χ0) is 20.5. The number of rotatable bonds is 5. The topological polar surface area (TPSA) is 77.7 Å². The van der Waals surface area contributed by atoms with Crippen LogP contribution in [-0.4, -0.2) is 31.8 Å². The van der Waals surface area contributed by atoms with Gasteiger partial charge in [0.25, 0.3) is 0 Å². The van der Waals surface area contributed by atoms with Crippen LogP contribution in [0.4, 0.5) is 0 Å². The van der Waals surface area contributed by atoms with E-state index in [4.69, 9.17) is 0 Å². The van der Waals surface area contributed by atoms with E-state index in [2.05, 4.69) is 36.3 Å². The fourth-order valence-electron chi connectivity index (χ4n) is 3.64. The standard InChI is InChI=1S/C21H24N4O2S/c1-20(2,3)13-21(4,5)15-11-17(27)18(12-16(15)26)28-19-22-23-24-25(19)14-9-7-6-8-10-14/h6-12H,13H2,1-5H3. The summed E-state index contributed by atoms with van der Waals surface area (Å²) in [5, 5.41) is 12.1. The van der Waals surface area contributed by atoms with Gasteiger partial charge in [0.05, 0.1) is 10.6 Å². The van der Waals surface area contributed by atoms with Crippen LogP contribution in [0.5, 0.6) is 0 Å². The minimum atomic E-state index is -0.386. The molecular formula is C21H24N4O2S. The zero-order valence-corrected chi connectivity index (χ0v) is 17.6. The molecule has 0 bridgehead atoms. The van der Waals surface area contributed by atoms with Gasteiger partial charge < -0.3 is 0 Å². The Bertz CT molecular complexity index is 966. The van der Waals surface area contributed by atoms with Crippen LogP contribution in [0.1, 0.15) is 41.0 Å². The molecule has 0 N–H and O–H groups in total. The highest BCUT2D eigenvalue weighted by Crippen LogP contribution is 2.41. The van der Waals surface area contributed by atoms with Crippen molar-refractivity contribution in [3.63, 3.8) is 0 Å². The Morgan fingerprint density at radius 2 is 1.64 bits per heavy atom. The van der Waals surface area contributed by atoms with Gasteiger partial charge in [0.15, 0.2) is 11.6 Å². The molecule has 2 aromatic rings. The first kappa shape index (κ1) is 20.2. The fourth-order valence-corrected chi connectivity index (χ4v) is 4.47. The Hall–Kier alpha value is -2.54. The van der Waals surface area contributed by atoms with E-state index in [9.17, 15) is 9.59 Å². The second kappa shape index (κ2) is 7.47. The van der Waals surface area contributed by atoms with Crippen molar-refractivity contribution >= 4 is 23.3 Å².